The van der Waals surface area contributed by atoms with Crippen LogP contribution in [0.5, 0.6) is 11.5 Å². The van der Waals surface area contributed by atoms with Crippen molar-refractivity contribution in [2.24, 2.45) is 0 Å². The molecule has 0 spiro atoms. The lowest BCUT2D eigenvalue weighted by atomic mass is 10.2. The maximum atomic E-state index is 12.5. The third-order valence-electron chi connectivity index (χ3n) is 3.48. The number of morpholine rings is 1. The maximum absolute atomic E-state index is 12.5. The molecule has 112 valence electrons. The summed E-state index contributed by atoms with van der Waals surface area (Å²) >= 11 is 0. The first-order valence-electron chi connectivity index (χ1n) is 6.66. The lowest BCUT2D eigenvalue weighted by molar-refractivity contribution is -0.163. The zero-order valence-electron chi connectivity index (χ0n) is 11.2. The third kappa shape index (κ3) is 2.64. The molecule has 0 unspecified atom stereocenters. The predicted octanol–water partition coefficient (Wildman–Crippen LogP) is 0.138. The van der Waals surface area contributed by atoms with Crippen LogP contribution >= 0.6 is 0 Å². The van der Waals surface area contributed by atoms with E-state index >= 15 is 0 Å². The summed E-state index contributed by atoms with van der Waals surface area (Å²) in [5.41, 5.74) is 0. The topological polar surface area (TPSA) is 85.3 Å². The molecule has 0 aliphatic carbocycles. The monoisotopic (exact) mass is 293 g/mol. The molecular weight excluding hydrogens is 278 g/mol. The molecule has 1 saturated heterocycles. The van der Waals surface area contributed by atoms with E-state index in [4.69, 9.17) is 19.3 Å². The molecule has 21 heavy (non-hydrogen) atoms. The normalized spacial score (nSPS) is 24.5. The predicted molar refractivity (Wildman–Crippen MR) is 70.3 cm³/mol. The number of carboxylic acid groups (broad SMARTS) is 1. The van der Waals surface area contributed by atoms with Crippen LogP contribution in [-0.4, -0.2) is 60.4 Å². The summed E-state index contributed by atoms with van der Waals surface area (Å²) in [6.45, 7) is 0.613. The largest absolute Gasteiger partial charge is 0.485 e. The highest BCUT2D eigenvalue weighted by Crippen LogP contribution is 2.31. The molecule has 0 bridgehead atoms. The molecule has 2 aliphatic rings. The number of hydrogen-bond donors (Lipinski definition) is 1. The molecular formula is C14H15NO6. The molecule has 0 aromatic heterocycles. The number of rotatable bonds is 2. The van der Waals surface area contributed by atoms with Crippen LogP contribution in [0.15, 0.2) is 24.3 Å². The summed E-state index contributed by atoms with van der Waals surface area (Å²) in [5, 5.41) is 9.17. The van der Waals surface area contributed by atoms with Crippen LogP contribution in [0.3, 0.4) is 0 Å². The minimum Gasteiger partial charge on any atom is -0.485 e. The van der Waals surface area contributed by atoms with Crippen molar-refractivity contribution in [2.45, 2.75) is 12.1 Å². The van der Waals surface area contributed by atoms with Crippen LogP contribution in [-0.2, 0) is 14.3 Å². The van der Waals surface area contributed by atoms with Crippen LogP contribution in [0.25, 0.3) is 0 Å². The second kappa shape index (κ2) is 5.61. The Morgan fingerprint density at radius 2 is 1.95 bits per heavy atom. The van der Waals surface area contributed by atoms with Gasteiger partial charge in [-0.1, -0.05) is 12.1 Å². The van der Waals surface area contributed by atoms with E-state index in [1.165, 1.54) is 4.90 Å². The van der Waals surface area contributed by atoms with Crippen LogP contribution < -0.4 is 9.47 Å². The van der Waals surface area contributed by atoms with Gasteiger partial charge in [-0.05, 0) is 12.1 Å². The Hall–Kier alpha value is -2.28. The van der Waals surface area contributed by atoms with E-state index in [0.717, 1.165) is 0 Å². The highest BCUT2D eigenvalue weighted by Gasteiger charge is 2.38. The lowest BCUT2D eigenvalue weighted by Crippen LogP contribution is -2.57. The van der Waals surface area contributed by atoms with Gasteiger partial charge in [-0.3, -0.25) is 4.79 Å². The van der Waals surface area contributed by atoms with Gasteiger partial charge in [-0.2, -0.15) is 0 Å². The van der Waals surface area contributed by atoms with Crippen LogP contribution in [0.1, 0.15) is 0 Å². The van der Waals surface area contributed by atoms with Gasteiger partial charge >= 0.3 is 5.97 Å². The molecule has 7 nitrogen and oxygen atoms in total. The molecule has 2 atom stereocenters. The molecule has 1 aromatic rings. The number of hydrogen-bond acceptors (Lipinski definition) is 5. The number of carboxylic acids is 1. The zero-order valence-corrected chi connectivity index (χ0v) is 11.2. The fourth-order valence-corrected chi connectivity index (χ4v) is 2.40. The van der Waals surface area contributed by atoms with Gasteiger partial charge in [0, 0.05) is 6.54 Å². The van der Waals surface area contributed by atoms with Crippen molar-refractivity contribution < 1.29 is 28.9 Å². The summed E-state index contributed by atoms with van der Waals surface area (Å²) in [5.74, 6) is -0.402. The third-order valence-corrected chi connectivity index (χ3v) is 3.48. The Morgan fingerprint density at radius 3 is 2.71 bits per heavy atom. The van der Waals surface area contributed by atoms with Gasteiger partial charge in [-0.15, -0.1) is 0 Å². The number of fused-ring (bicyclic) bond motifs is 1. The maximum Gasteiger partial charge on any atom is 0.328 e. The van der Waals surface area contributed by atoms with Crippen molar-refractivity contribution in [1.29, 1.82) is 0 Å². The van der Waals surface area contributed by atoms with E-state index in [1.54, 1.807) is 18.2 Å². The lowest BCUT2D eigenvalue weighted by Gasteiger charge is -2.36. The van der Waals surface area contributed by atoms with Gasteiger partial charge in [-0.25, -0.2) is 4.79 Å². The SMILES string of the molecule is O=C(O)[C@H]1COCCN1C(=O)[C@H]1COc2ccccc2O1. The van der Waals surface area contributed by atoms with Crippen molar-refractivity contribution >= 4 is 11.9 Å². The van der Waals surface area contributed by atoms with Gasteiger partial charge in [0.25, 0.3) is 5.91 Å². The van der Waals surface area contributed by atoms with E-state index in [2.05, 4.69) is 0 Å². The molecule has 0 radical (unpaired) electrons. The zero-order chi connectivity index (χ0) is 14.8. The highest BCUT2D eigenvalue weighted by atomic mass is 16.6. The molecule has 7 heteroatoms. The molecule has 3 rings (SSSR count). The Kier molecular flexibility index (Phi) is 3.66. The number of carbonyl (C=O) groups is 2. The number of para-hydroxylation sites is 2. The first-order valence-corrected chi connectivity index (χ1v) is 6.66. The molecule has 2 aliphatic heterocycles. The number of benzene rings is 1. The summed E-state index contributed by atoms with van der Waals surface area (Å²) in [6.07, 6.45) is -0.833. The van der Waals surface area contributed by atoms with Crippen LogP contribution in [0.4, 0.5) is 0 Å². The number of carbonyl (C=O) groups excluding carboxylic acids is 1. The quantitative estimate of drug-likeness (QED) is 0.835. The van der Waals surface area contributed by atoms with Gasteiger partial charge in [0.15, 0.2) is 17.5 Å². The van der Waals surface area contributed by atoms with E-state index < -0.39 is 18.1 Å². The van der Waals surface area contributed by atoms with E-state index in [0.29, 0.717) is 18.1 Å². The summed E-state index contributed by atoms with van der Waals surface area (Å²) in [7, 11) is 0. The van der Waals surface area contributed by atoms with Crippen molar-refractivity contribution in [3.63, 3.8) is 0 Å². The highest BCUT2D eigenvalue weighted by molar-refractivity contribution is 5.87. The van der Waals surface area contributed by atoms with Gasteiger partial charge in [0.2, 0.25) is 6.10 Å². The van der Waals surface area contributed by atoms with Crippen molar-refractivity contribution in [3.05, 3.63) is 24.3 Å². The summed E-state index contributed by atoms with van der Waals surface area (Å²) < 4.78 is 16.2. The van der Waals surface area contributed by atoms with Crippen molar-refractivity contribution in [1.82, 2.24) is 4.90 Å². The average Bonchev–Trinajstić information content (AvgIpc) is 2.53. The van der Waals surface area contributed by atoms with Gasteiger partial charge < -0.3 is 24.2 Å². The smallest absolute Gasteiger partial charge is 0.328 e. The van der Waals surface area contributed by atoms with Crippen molar-refractivity contribution in [2.75, 3.05) is 26.4 Å². The first-order chi connectivity index (χ1) is 10.2. The van der Waals surface area contributed by atoms with Gasteiger partial charge in [0.1, 0.15) is 6.61 Å². The Morgan fingerprint density at radius 1 is 1.19 bits per heavy atom. The van der Waals surface area contributed by atoms with E-state index in [9.17, 15) is 9.59 Å². The standard InChI is InChI=1S/C14H15NO6/c16-13(15-5-6-19-7-9(15)14(17)18)12-8-20-10-3-1-2-4-11(10)21-12/h1-4,9,12H,5-8H2,(H,17,18)/t9-,12-/m1/s1. The molecule has 2 heterocycles. The molecule has 1 amide bonds. The van der Waals surface area contributed by atoms with Crippen LogP contribution in [0.2, 0.25) is 0 Å². The molecule has 1 N–H and O–H groups in total. The molecule has 1 fully saturated rings. The Labute approximate surface area is 121 Å². The number of amides is 1. The first kappa shape index (κ1) is 13.7. The second-order valence-corrected chi connectivity index (χ2v) is 4.82. The molecule has 1 aromatic carbocycles. The minimum atomic E-state index is -1.08. The van der Waals surface area contributed by atoms with Gasteiger partial charge in [0.05, 0.1) is 13.2 Å². The minimum absolute atomic E-state index is 0.00869. The van der Waals surface area contributed by atoms with Crippen LogP contribution in [0, 0.1) is 0 Å². The fourth-order valence-electron chi connectivity index (χ4n) is 2.40. The second-order valence-electron chi connectivity index (χ2n) is 4.82. The Balaban J connectivity index is 1.75. The number of aliphatic carboxylic acids is 1. The van der Waals surface area contributed by atoms with E-state index in [1.807, 2.05) is 6.07 Å². The average molecular weight is 293 g/mol. The number of nitrogens with zero attached hydrogens (tertiary/aromatic N) is 1. The summed E-state index contributed by atoms with van der Waals surface area (Å²) in [4.78, 5) is 25.0. The number of ether oxygens (including phenoxy) is 3. The molecule has 0 saturated carbocycles. The van der Waals surface area contributed by atoms with E-state index in [-0.39, 0.29) is 25.7 Å². The van der Waals surface area contributed by atoms with Crippen molar-refractivity contribution in [3.8, 4) is 11.5 Å². The summed E-state index contributed by atoms with van der Waals surface area (Å²) in [6, 6.07) is 6.08. The fraction of sp³-hybridized carbons (Fsp3) is 0.429. The Bertz CT molecular complexity index is 560.